The lowest BCUT2D eigenvalue weighted by Crippen LogP contribution is -2.54. The molecule has 0 saturated carbocycles. The molecule has 0 radical (unpaired) electrons. The zero-order valence-electron chi connectivity index (χ0n) is 23.7. The minimum absolute atomic E-state index is 0.0303. The molecule has 3 amide bonds. The van der Waals surface area contributed by atoms with Crippen LogP contribution in [0.2, 0.25) is 0 Å². The maximum Gasteiger partial charge on any atom is 0.360 e. The summed E-state index contributed by atoms with van der Waals surface area (Å²) >= 11 is 0. The molecule has 3 aromatic rings. The van der Waals surface area contributed by atoms with E-state index in [2.05, 4.69) is 15.6 Å². The first kappa shape index (κ1) is 29.4. The zero-order valence-corrected chi connectivity index (χ0v) is 23.7. The number of hydrogen-bond acceptors (Lipinski definition) is 7. The van der Waals surface area contributed by atoms with Crippen LogP contribution in [0.25, 0.3) is 11.1 Å². The molecule has 1 fully saturated rings. The summed E-state index contributed by atoms with van der Waals surface area (Å²) < 4.78 is 6.18. The van der Waals surface area contributed by atoms with Gasteiger partial charge in [0.2, 0.25) is 17.7 Å². The van der Waals surface area contributed by atoms with Crippen molar-refractivity contribution in [3.63, 3.8) is 0 Å². The molecule has 0 spiro atoms. The highest BCUT2D eigenvalue weighted by Gasteiger charge is 2.41. The van der Waals surface area contributed by atoms with Crippen LogP contribution in [-0.4, -0.2) is 69.3 Å². The Balaban J connectivity index is 1.48. The Morgan fingerprint density at radius 3 is 2.32 bits per heavy atom. The number of amides is 3. The van der Waals surface area contributed by atoms with Gasteiger partial charge in [0.25, 0.3) is 0 Å². The molecule has 1 unspecified atom stereocenters. The van der Waals surface area contributed by atoms with E-state index in [9.17, 15) is 19.2 Å². The fraction of sp³-hybridized carbons (Fsp3) is 0.400. The van der Waals surface area contributed by atoms with Crippen LogP contribution in [0.15, 0.2) is 54.6 Å². The lowest BCUT2D eigenvalue weighted by Gasteiger charge is -2.31. The smallest absolute Gasteiger partial charge is 0.360 e. The fourth-order valence-corrected chi connectivity index (χ4v) is 5.23. The Labute approximate surface area is 239 Å². The predicted molar refractivity (Wildman–Crippen MR) is 151 cm³/mol. The third-order valence-electron chi connectivity index (χ3n) is 7.45. The zero-order chi connectivity index (χ0) is 29.7. The van der Waals surface area contributed by atoms with Gasteiger partial charge in [-0.3, -0.25) is 14.4 Å². The minimum Gasteiger partial charge on any atom is -0.464 e. The normalized spacial score (nSPS) is 16.3. The van der Waals surface area contributed by atoms with Gasteiger partial charge >= 0.3 is 5.97 Å². The first-order chi connectivity index (χ1) is 19.6. The molecule has 0 aliphatic carbocycles. The number of methoxy groups -OCH3 is 1. The maximum absolute atomic E-state index is 13.8. The monoisotopic (exact) mass is 560 g/mol. The van der Waals surface area contributed by atoms with Gasteiger partial charge in [-0.15, -0.1) is 5.10 Å². The quantitative estimate of drug-likeness (QED) is 0.362. The summed E-state index contributed by atoms with van der Waals surface area (Å²) in [5, 5.41) is 10.8. The Morgan fingerprint density at radius 2 is 1.71 bits per heavy atom. The van der Waals surface area contributed by atoms with E-state index in [1.165, 1.54) is 16.7 Å². The number of benzene rings is 2. The molecule has 2 aromatic carbocycles. The molecule has 4 rings (SSSR count). The van der Waals surface area contributed by atoms with Crippen LogP contribution in [-0.2, 0) is 25.5 Å². The van der Waals surface area contributed by atoms with Crippen LogP contribution in [0, 0.1) is 12.8 Å². The molecule has 11 heteroatoms. The molecule has 1 saturated heterocycles. The van der Waals surface area contributed by atoms with E-state index in [-0.39, 0.29) is 23.9 Å². The number of nitrogens with zero attached hydrogens (tertiary/aromatic N) is 4. The van der Waals surface area contributed by atoms with Gasteiger partial charge in [-0.05, 0) is 42.4 Å². The molecule has 2 heterocycles. The van der Waals surface area contributed by atoms with Gasteiger partial charge < -0.3 is 20.7 Å². The largest absolute Gasteiger partial charge is 0.464 e. The summed E-state index contributed by atoms with van der Waals surface area (Å²) in [5.74, 6) is -2.26. The number of carbonyl (C=O) groups is 4. The van der Waals surface area contributed by atoms with Gasteiger partial charge in [-0.2, -0.15) is 0 Å². The van der Waals surface area contributed by atoms with E-state index in [0.29, 0.717) is 25.1 Å². The second-order valence-electron chi connectivity index (χ2n) is 10.6. The molecule has 1 aromatic heterocycles. The number of esters is 1. The lowest BCUT2D eigenvalue weighted by molar-refractivity contribution is -0.143. The third kappa shape index (κ3) is 6.45. The topological polar surface area (TPSA) is 150 Å². The van der Waals surface area contributed by atoms with E-state index in [4.69, 9.17) is 10.5 Å². The first-order valence-corrected chi connectivity index (χ1v) is 13.7. The number of hydrogen-bond donors (Lipinski definition) is 2. The molecule has 11 nitrogen and oxygen atoms in total. The number of rotatable bonds is 10. The van der Waals surface area contributed by atoms with Crippen molar-refractivity contribution in [2.45, 2.75) is 58.2 Å². The predicted octanol–water partition coefficient (Wildman–Crippen LogP) is 2.44. The van der Waals surface area contributed by atoms with Crippen molar-refractivity contribution < 1.29 is 23.9 Å². The highest BCUT2D eigenvalue weighted by atomic mass is 16.5. The van der Waals surface area contributed by atoms with Crippen LogP contribution in [0.5, 0.6) is 0 Å². The van der Waals surface area contributed by atoms with Crippen LogP contribution < -0.4 is 11.1 Å². The molecule has 1 aliphatic heterocycles. The van der Waals surface area contributed by atoms with E-state index in [1.54, 1.807) is 6.92 Å². The number of nitrogens with one attached hydrogen (secondary N) is 1. The van der Waals surface area contributed by atoms with Crippen molar-refractivity contribution in [1.29, 1.82) is 0 Å². The second-order valence-corrected chi connectivity index (χ2v) is 10.6. The number of primary amides is 1. The van der Waals surface area contributed by atoms with Crippen molar-refractivity contribution in [3.05, 3.63) is 71.5 Å². The summed E-state index contributed by atoms with van der Waals surface area (Å²) in [7, 11) is 1.25. The van der Waals surface area contributed by atoms with Crippen molar-refractivity contribution in [3.8, 4) is 11.1 Å². The average molecular weight is 561 g/mol. The SMILES string of the molecule is COC(=O)c1nnn([C@H](C(=O)N2CCC[C@H]2C(=O)NC(Cc2ccc(-c3ccccc3)cc2)C(N)=O)C(C)C)c1C. The molecule has 216 valence electrons. The van der Waals surface area contributed by atoms with Gasteiger partial charge in [0.1, 0.15) is 18.1 Å². The van der Waals surface area contributed by atoms with E-state index in [1.807, 2.05) is 68.4 Å². The van der Waals surface area contributed by atoms with Crippen LogP contribution >= 0.6 is 0 Å². The van der Waals surface area contributed by atoms with E-state index >= 15 is 0 Å². The van der Waals surface area contributed by atoms with Crippen LogP contribution in [0.4, 0.5) is 0 Å². The third-order valence-corrected chi connectivity index (χ3v) is 7.45. The van der Waals surface area contributed by atoms with Gasteiger partial charge in [-0.1, -0.05) is 73.7 Å². The van der Waals surface area contributed by atoms with Crippen molar-refractivity contribution in [2.24, 2.45) is 11.7 Å². The van der Waals surface area contributed by atoms with Crippen molar-refractivity contribution in [2.75, 3.05) is 13.7 Å². The number of carbonyl (C=O) groups excluding carboxylic acids is 4. The van der Waals surface area contributed by atoms with Crippen LogP contribution in [0.1, 0.15) is 54.5 Å². The summed E-state index contributed by atoms with van der Waals surface area (Å²) in [6.45, 7) is 5.74. The Morgan fingerprint density at radius 1 is 1.05 bits per heavy atom. The summed E-state index contributed by atoms with van der Waals surface area (Å²) in [5.41, 5.74) is 9.06. The van der Waals surface area contributed by atoms with Crippen molar-refractivity contribution in [1.82, 2.24) is 25.2 Å². The molecule has 3 atom stereocenters. The fourth-order valence-electron chi connectivity index (χ4n) is 5.23. The Kier molecular flexibility index (Phi) is 9.16. The van der Waals surface area contributed by atoms with Gasteiger partial charge in [0.05, 0.1) is 12.8 Å². The summed E-state index contributed by atoms with van der Waals surface area (Å²) in [6.07, 6.45) is 1.30. The molecule has 3 N–H and O–H groups in total. The second kappa shape index (κ2) is 12.8. The minimum atomic E-state index is -0.941. The first-order valence-electron chi connectivity index (χ1n) is 13.7. The Hall–Kier alpha value is -4.54. The van der Waals surface area contributed by atoms with E-state index < -0.39 is 35.9 Å². The van der Waals surface area contributed by atoms with E-state index in [0.717, 1.165) is 16.7 Å². The molecular formula is C30H36N6O5. The summed E-state index contributed by atoms with van der Waals surface area (Å²) in [6, 6.07) is 15.2. The van der Waals surface area contributed by atoms with Crippen LogP contribution in [0.3, 0.4) is 0 Å². The molecule has 1 aliphatic rings. The molecule has 0 bridgehead atoms. The summed E-state index contributed by atoms with van der Waals surface area (Å²) in [4.78, 5) is 53.1. The molecular weight excluding hydrogens is 524 g/mol. The van der Waals surface area contributed by atoms with Gasteiger partial charge in [0, 0.05) is 13.0 Å². The number of likely N-dealkylation sites (tertiary alicyclic amines) is 1. The standard InChI is InChI=1S/C30H36N6O5/c1-18(2)26(36-19(3)25(33-34-36)30(40)41-4)29(39)35-16-8-11-24(35)28(38)32-23(27(31)37)17-20-12-14-22(15-13-20)21-9-6-5-7-10-21/h5-7,9-10,12-15,18,23-24,26H,8,11,16-17H2,1-4H3,(H2,31,37)(H,32,38)/t23?,24-,26-/m0/s1. The highest BCUT2D eigenvalue weighted by molar-refractivity contribution is 5.93. The molecule has 41 heavy (non-hydrogen) atoms. The maximum atomic E-state index is 13.8. The lowest BCUT2D eigenvalue weighted by atomic mass is 10.00. The number of ether oxygens (including phenoxy) is 1. The number of aromatic nitrogens is 3. The highest BCUT2D eigenvalue weighted by Crippen LogP contribution is 2.28. The Bertz CT molecular complexity index is 1400. The average Bonchev–Trinajstić information content (AvgIpc) is 3.60. The van der Waals surface area contributed by atoms with Gasteiger partial charge in [-0.25, -0.2) is 9.48 Å². The van der Waals surface area contributed by atoms with Gasteiger partial charge in [0.15, 0.2) is 5.69 Å². The number of nitrogens with two attached hydrogens (primary N) is 1. The van der Waals surface area contributed by atoms with Crippen molar-refractivity contribution >= 4 is 23.7 Å².